The summed E-state index contributed by atoms with van der Waals surface area (Å²) in [5.74, 6) is 0.672. The molecule has 0 bridgehead atoms. The summed E-state index contributed by atoms with van der Waals surface area (Å²) in [6.07, 6.45) is 3.61. The second kappa shape index (κ2) is 5.05. The van der Waals surface area contributed by atoms with Crippen LogP contribution in [0.1, 0.15) is 19.8 Å². The summed E-state index contributed by atoms with van der Waals surface area (Å²) in [4.78, 5) is 10.7. The highest BCUT2D eigenvalue weighted by Crippen LogP contribution is 2.59. The van der Waals surface area contributed by atoms with Crippen molar-refractivity contribution in [3.8, 4) is 11.1 Å². The van der Waals surface area contributed by atoms with Gasteiger partial charge in [0, 0.05) is 18.2 Å². The predicted molar refractivity (Wildman–Crippen MR) is 94.7 cm³/mol. The van der Waals surface area contributed by atoms with Gasteiger partial charge in [-0.15, -0.1) is 0 Å². The van der Waals surface area contributed by atoms with E-state index in [0.29, 0.717) is 33.6 Å². The van der Waals surface area contributed by atoms with Gasteiger partial charge in [0.2, 0.25) is 0 Å². The van der Waals surface area contributed by atoms with Crippen molar-refractivity contribution >= 4 is 34.8 Å². The Hall–Kier alpha value is -1.92. The summed E-state index contributed by atoms with van der Waals surface area (Å²) < 4.78 is 16.3. The molecule has 0 amide bonds. The number of rotatable bonds is 2. The number of hydrogen-bond donors (Lipinski definition) is 0. The maximum Gasteiger partial charge on any atom is 0.255 e. The zero-order valence-electron chi connectivity index (χ0n) is 13.4. The quantitative estimate of drug-likeness (QED) is 0.627. The van der Waals surface area contributed by atoms with Crippen LogP contribution in [0, 0.1) is 11.2 Å². The van der Waals surface area contributed by atoms with Crippen LogP contribution in [0.3, 0.4) is 0 Å². The van der Waals surface area contributed by atoms with E-state index in [9.17, 15) is 4.39 Å². The van der Waals surface area contributed by atoms with E-state index in [1.807, 2.05) is 0 Å². The van der Waals surface area contributed by atoms with Crippen molar-refractivity contribution in [1.82, 2.24) is 19.6 Å². The highest BCUT2D eigenvalue weighted by atomic mass is 35.5. The molecule has 1 saturated carbocycles. The molecule has 8 heteroatoms. The van der Waals surface area contributed by atoms with Gasteiger partial charge in [0.15, 0.2) is 0 Å². The molecule has 2 unspecified atom stereocenters. The average Bonchev–Trinajstić information content (AvgIpc) is 2.91. The van der Waals surface area contributed by atoms with Gasteiger partial charge in [0.05, 0.1) is 10.6 Å². The van der Waals surface area contributed by atoms with Crippen LogP contribution in [-0.4, -0.2) is 32.2 Å². The lowest BCUT2D eigenvalue weighted by Gasteiger charge is -2.25. The largest absolute Gasteiger partial charge is 0.352 e. The molecular weight excluding hydrogens is 364 g/mol. The van der Waals surface area contributed by atoms with Crippen LogP contribution in [0.15, 0.2) is 24.5 Å². The first-order valence-corrected chi connectivity index (χ1v) is 8.85. The Balaban J connectivity index is 1.84. The molecule has 0 spiro atoms. The third kappa shape index (κ3) is 2.10. The molecule has 3 heterocycles. The smallest absolute Gasteiger partial charge is 0.255 e. The normalized spacial score (nSPS) is 24.8. The molecule has 128 valence electrons. The Labute approximate surface area is 153 Å². The molecule has 2 aliphatic rings. The minimum Gasteiger partial charge on any atom is -0.352 e. The fourth-order valence-electron chi connectivity index (χ4n) is 3.94. The summed E-state index contributed by atoms with van der Waals surface area (Å²) in [7, 11) is 0. The van der Waals surface area contributed by atoms with Crippen LogP contribution < -0.4 is 4.90 Å². The Morgan fingerprint density at radius 1 is 1.28 bits per heavy atom. The standard InChI is InChI=1S/C17H14Cl2FN5/c1-17-5-6-24(11(17)7-17)15-13(12-9(18)3-2-4-10(12)20)14(19)23-16-21-8-22-25(15)16/h2-4,8,11H,5-7H2,1H3. The highest BCUT2D eigenvalue weighted by Gasteiger charge is 2.58. The maximum absolute atomic E-state index is 14.7. The minimum atomic E-state index is -0.435. The van der Waals surface area contributed by atoms with Gasteiger partial charge in [-0.3, -0.25) is 0 Å². The van der Waals surface area contributed by atoms with E-state index in [-0.39, 0.29) is 10.7 Å². The van der Waals surface area contributed by atoms with Crippen molar-refractivity contribution in [1.29, 1.82) is 0 Å². The number of aromatic nitrogens is 4. The number of piperidine rings is 1. The molecule has 2 aromatic heterocycles. The molecular formula is C17H14Cl2FN5. The summed E-state index contributed by atoms with van der Waals surface area (Å²) in [6, 6.07) is 4.99. The molecule has 0 N–H and O–H groups in total. The van der Waals surface area contributed by atoms with Crippen molar-refractivity contribution in [3.63, 3.8) is 0 Å². The Morgan fingerprint density at radius 2 is 2.12 bits per heavy atom. The Bertz CT molecular complexity index is 999. The van der Waals surface area contributed by atoms with Gasteiger partial charge in [-0.2, -0.15) is 19.6 Å². The zero-order valence-corrected chi connectivity index (χ0v) is 14.9. The van der Waals surface area contributed by atoms with Crippen LogP contribution in [-0.2, 0) is 0 Å². The van der Waals surface area contributed by atoms with Gasteiger partial charge in [0.1, 0.15) is 23.1 Å². The molecule has 2 fully saturated rings. The van der Waals surface area contributed by atoms with Crippen LogP contribution in [0.5, 0.6) is 0 Å². The van der Waals surface area contributed by atoms with Crippen LogP contribution in [0.25, 0.3) is 16.9 Å². The first-order chi connectivity index (χ1) is 12.0. The van der Waals surface area contributed by atoms with Crippen molar-refractivity contribution in [2.24, 2.45) is 5.41 Å². The molecule has 5 nitrogen and oxygen atoms in total. The second-order valence-electron chi connectivity index (χ2n) is 6.99. The first kappa shape index (κ1) is 15.3. The summed E-state index contributed by atoms with van der Waals surface area (Å²) in [6.45, 7) is 3.13. The van der Waals surface area contributed by atoms with E-state index >= 15 is 0 Å². The van der Waals surface area contributed by atoms with Crippen molar-refractivity contribution in [3.05, 3.63) is 40.5 Å². The number of halogens is 3. The molecule has 3 aromatic rings. The van der Waals surface area contributed by atoms with Crippen molar-refractivity contribution in [2.75, 3.05) is 11.4 Å². The van der Waals surface area contributed by atoms with Crippen LogP contribution in [0.2, 0.25) is 10.2 Å². The zero-order chi connectivity index (χ0) is 17.3. The molecule has 1 aromatic carbocycles. The van der Waals surface area contributed by atoms with E-state index in [1.165, 1.54) is 12.4 Å². The van der Waals surface area contributed by atoms with E-state index in [4.69, 9.17) is 23.2 Å². The molecule has 25 heavy (non-hydrogen) atoms. The lowest BCUT2D eigenvalue weighted by Crippen LogP contribution is -2.26. The van der Waals surface area contributed by atoms with Crippen LogP contribution in [0.4, 0.5) is 10.2 Å². The molecule has 2 atom stereocenters. The van der Waals surface area contributed by atoms with E-state index in [1.54, 1.807) is 16.6 Å². The highest BCUT2D eigenvalue weighted by molar-refractivity contribution is 6.36. The third-order valence-corrected chi connectivity index (χ3v) is 6.04. The van der Waals surface area contributed by atoms with Gasteiger partial charge < -0.3 is 4.90 Å². The second-order valence-corrected chi connectivity index (χ2v) is 7.75. The predicted octanol–water partition coefficient (Wildman–Crippen LogP) is 4.23. The van der Waals surface area contributed by atoms with Crippen molar-refractivity contribution < 1.29 is 4.39 Å². The molecule has 5 rings (SSSR count). The average molecular weight is 378 g/mol. The summed E-state index contributed by atoms with van der Waals surface area (Å²) in [5.41, 5.74) is 1.03. The minimum absolute atomic E-state index is 0.178. The van der Waals surface area contributed by atoms with Gasteiger partial charge in [-0.05, 0) is 30.4 Å². The van der Waals surface area contributed by atoms with Gasteiger partial charge >= 0.3 is 0 Å². The first-order valence-electron chi connectivity index (χ1n) is 8.10. The lowest BCUT2D eigenvalue weighted by molar-refractivity contribution is 0.575. The molecule has 1 aliphatic heterocycles. The molecule has 1 aliphatic carbocycles. The number of benzene rings is 1. The van der Waals surface area contributed by atoms with E-state index in [2.05, 4.69) is 26.9 Å². The fourth-order valence-corrected chi connectivity index (χ4v) is 4.45. The van der Waals surface area contributed by atoms with Gasteiger partial charge in [0.25, 0.3) is 5.78 Å². The number of anilines is 1. The maximum atomic E-state index is 14.7. The number of fused-ring (bicyclic) bond motifs is 2. The fraction of sp³-hybridized carbons (Fsp3) is 0.353. The van der Waals surface area contributed by atoms with Gasteiger partial charge in [-0.1, -0.05) is 36.2 Å². The van der Waals surface area contributed by atoms with Gasteiger partial charge in [-0.25, -0.2) is 4.39 Å². The van der Waals surface area contributed by atoms with Crippen LogP contribution >= 0.6 is 23.2 Å². The van der Waals surface area contributed by atoms with E-state index < -0.39 is 5.82 Å². The SMILES string of the molecule is CC12CCN(c3c(-c4c(F)cccc4Cl)c(Cl)nc4ncnn34)C1C2. The molecule has 0 radical (unpaired) electrons. The number of nitrogens with zero attached hydrogens (tertiary/aromatic N) is 5. The monoisotopic (exact) mass is 377 g/mol. The van der Waals surface area contributed by atoms with Crippen molar-refractivity contribution in [2.45, 2.75) is 25.8 Å². The molecule has 1 saturated heterocycles. The topological polar surface area (TPSA) is 46.3 Å². The summed E-state index contributed by atoms with van der Waals surface area (Å²) in [5, 5.41) is 4.77. The van der Waals surface area contributed by atoms with E-state index in [0.717, 1.165) is 19.4 Å². The Kier molecular flexibility index (Phi) is 3.10. The summed E-state index contributed by atoms with van der Waals surface area (Å²) >= 11 is 12.8. The Morgan fingerprint density at radius 3 is 2.80 bits per heavy atom. The lowest BCUT2D eigenvalue weighted by atomic mass is 10.1. The third-order valence-electron chi connectivity index (χ3n) is 5.45. The number of hydrogen-bond acceptors (Lipinski definition) is 4.